The van der Waals surface area contributed by atoms with E-state index in [0.717, 1.165) is 22.3 Å². The van der Waals surface area contributed by atoms with Gasteiger partial charge in [-0.2, -0.15) is 4.98 Å². The van der Waals surface area contributed by atoms with Crippen LogP contribution < -0.4 is 5.73 Å². The molecule has 0 radical (unpaired) electrons. The van der Waals surface area contributed by atoms with E-state index in [9.17, 15) is 0 Å². The number of nitrogens with zero attached hydrogens (tertiary/aromatic N) is 2. The molecule has 2 N–H and O–H groups in total. The Balaban J connectivity index is 1.68. The van der Waals surface area contributed by atoms with Gasteiger partial charge in [0.2, 0.25) is 0 Å². The number of aromatic nitrogens is 2. The molecular weight excluding hydrogens is 330 g/mol. The number of rotatable bonds is 2. The van der Waals surface area contributed by atoms with Crippen molar-refractivity contribution in [3.05, 3.63) is 63.9 Å². The van der Waals surface area contributed by atoms with E-state index in [1.165, 1.54) is 11.1 Å². The summed E-state index contributed by atoms with van der Waals surface area (Å²) < 4.78 is 6.29. The van der Waals surface area contributed by atoms with Crippen LogP contribution >= 0.6 is 15.9 Å². The maximum absolute atomic E-state index is 5.84. The number of nitrogen functional groups attached to an aromatic ring is 1. The van der Waals surface area contributed by atoms with Crippen molar-refractivity contribution >= 4 is 21.6 Å². The minimum Gasteiger partial charge on any atom is -0.399 e. The standard InChI is InChI=1S/C16H12BrN3O/c17-11-5-10(6-12(18)8-11)16-19-15(20-21-16)14-7-9-3-1-2-4-13(9)14/h1-6,8,14H,7,18H2. The lowest BCUT2D eigenvalue weighted by atomic mass is 9.77. The van der Waals surface area contributed by atoms with E-state index in [-0.39, 0.29) is 5.92 Å². The highest BCUT2D eigenvalue weighted by Gasteiger charge is 2.31. The predicted molar refractivity (Wildman–Crippen MR) is 83.8 cm³/mol. The summed E-state index contributed by atoms with van der Waals surface area (Å²) in [6, 6.07) is 13.9. The lowest BCUT2D eigenvalue weighted by molar-refractivity contribution is 0.416. The molecule has 0 saturated carbocycles. The van der Waals surface area contributed by atoms with Crippen LogP contribution in [0, 0.1) is 0 Å². The average Bonchev–Trinajstić information content (AvgIpc) is 2.88. The highest BCUT2D eigenvalue weighted by Crippen LogP contribution is 2.39. The Morgan fingerprint density at radius 2 is 2.05 bits per heavy atom. The van der Waals surface area contributed by atoms with Crippen LogP contribution in [0.25, 0.3) is 11.5 Å². The summed E-state index contributed by atoms with van der Waals surface area (Å²) in [5.74, 6) is 1.48. The first-order valence-electron chi connectivity index (χ1n) is 6.68. The average molecular weight is 342 g/mol. The van der Waals surface area contributed by atoms with Crippen molar-refractivity contribution in [2.75, 3.05) is 5.73 Å². The van der Waals surface area contributed by atoms with E-state index >= 15 is 0 Å². The zero-order valence-corrected chi connectivity index (χ0v) is 12.7. The zero-order valence-electron chi connectivity index (χ0n) is 11.1. The first-order chi connectivity index (χ1) is 10.2. The molecule has 104 valence electrons. The number of benzene rings is 2. The molecule has 4 rings (SSSR count). The smallest absolute Gasteiger partial charge is 0.258 e. The number of hydrogen-bond donors (Lipinski definition) is 1. The van der Waals surface area contributed by atoms with Gasteiger partial charge in [0.1, 0.15) is 0 Å². The summed E-state index contributed by atoms with van der Waals surface area (Å²) >= 11 is 3.42. The molecule has 3 aromatic rings. The van der Waals surface area contributed by atoms with E-state index < -0.39 is 0 Å². The van der Waals surface area contributed by atoms with Gasteiger partial charge in [0.15, 0.2) is 5.82 Å². The third-order valence-corrected chi connectivity index (χ3v) is 4.23. The van der Waals surface area contributed by atoms with Crippen LogP contribution in [0.15, 0.2) is 51.5 Å². The lowest BCUT2D eigenvalue weighted by Crippen LogP contribution is -2.19. The Morgan fingerprint density at radius 1 is 1.19 bits per heavy atom. The summed E-state index contributed by atoms with van der Waals surface area (Å²) in [6.07, 6.45) is 0.968. The number of fused-ring (bicyclic) bond motifs is 1. The fourth-order valence-electron chi connectivity index (χ4n) is 2.72. The van der Waals surface area contributed by atoms with Gasteiger partial charge in [-0.25, -0.2) is 0 Å². The highest BCUT2D eigenvalue weighted by atomic mass is 79.9. The fraction of sp³-hybridized carbons (Fsp3) is 0.125. The van der Waals surface area contributed by atoms with Gasteiger partial charge in [0.05, 0.1) is 5.92 Å². The molecule has 0 amide bonds. The van der Waals surface area contributed by atoms with Crippen molar-refractivity contribution in [3.8, 4) is 11.5 Å². The van der Waals surface area contributed by atoms with Crippen molar-refractivity contribution in [1.82, 2.24) is 10.1 Å². The second-order valence-corrected chi connectivity index (χ2v) is 6.10. The van der Waals surface area contributed by atoms with Crippen molar-refractivity contribution in [2.45, 2.75) is 12.3 Å². The van der Waals surface area contributed by atoms with Gasteiger partial charge in [0, 0.05) is 15.7 Å². The zero-order chi connectivity index (χ0) is 14.4. The largest absolute Gasteiger partial charge is 0.399 e. The maximum Gasteiger partial charge on any atom is 0.258 e. The Hall–Kier alpha value is -2.14. The molecule has 1 heterocycles. The van der Waals surface area contributed by atoms with Crippen LogP contribution in [0.3, 0.4) is 0 Å². The molecule has 1 aliphatic rings. The quantitative estimate of drug-likeness (QED) is 0.720. The monoisotopic (exact) mass is 341 g/mol. The van der Waals surface area contributed by atoms with E-state index in [4.69, 9.17) is 10.3 Å². The molecular formula is C16H12BrN3O. The highest BCUT2D eigenvalue weighted by molar-refractivity contribution is 9.10. The van der Waals surface area contributed by atoms with Crippen molar-refractivity contribution < 1.29 is 4.52 Å². The molecule has 1 aliphatic carbocycles. The Kier molecular flexibility index (Phi) is 2.82. The Morgan fingerprint density at radius 3 is 2.86 bits per heavy atom. The minimum atomic E-state index is 0.239. The molecule has 1 atom stereocenters. The normalized spacial score (nSPS) is 16.3. The lowest BCUT2D eigenvalue weighted by Gasteiger charge is -2.27. The Bertz CT molecular complexity index is 808. The van der Waals surface area contributed by atoms with Crippen molar-refractivity contribution in [2.24, 2.45) is 0 Å². The first-order valence-corrected chi connectivity index (χ1v) is 7.48. The van der Waals surface area contributed by atoms with Gasteiger partial charge in [-0.05, 0) is 35.7 Å². The van der Waals surface area contributed by atoms with E-state index in [1.54, 1.807) is 0 Å². The summed E-state index contributed by atoms with van der Waals surface area (Å²) in [5, 5.41) is 4.13. The fourth-order valence-corrected chi connectivity index (χ4v) is 3.23. The summed E-state index contributed by atoms with van der Waals surface area (Å²) in [4.78, 5) is 4.53. The van der Waals surface area contributed by atoms with E-state index in [0.29, 0.717) is 11.6 Å². The van der Waals surface area contributed by atoms with Crippen LogP contribution in [0.1, 0.15) is 22.9 Å². The first kappa shape index (κ1) is 12.6. The van der Waals surface area contributed by atoms with Crippen LogP contribution in [-0.4, -0.2) is 10.1 Å². The summed E-state index contributed by atoms with van der Waals surface area (Å²) in [5.41, 5.74) is 9.98. The molecule has 0 bridgehead atoms. The Labute approximate surface area is 130 Å². The molecule has 1 aromatic heterocycles. The maximum atomic E-state index is 5.84. The minimum absolute atomic E-state index is 0.239. The van der Waals surface area contributed by atoms with Gasteiger partial charge in [0.25, 0.3) is 5.89 Å². The number of hydrogen-bond acceptors (Lipinski definition) is 4. The number of nitrogens with two attached hydrogens (primary N) is 1. The van der Waals surface area contributed by atoms with E-state index in [2.05, 4.69) is 44.3 Å². The van der Waals surface area contributed by atoms with Gasteiger partial charge in [-0.15, -0.1) is 0 Å². The third kappa shape index (κ3) is 2.14. The summed E-state index contributed by atoms with van der Waals surface area (Å²) in [7, 11) is 0. The van der Waals surface area contributed by atoms with Gasteiger partial charge >= 0.3 is 0 Å². The number of halogens is 1. The number of anilines is 1. The SMILES string of the molecule is Nc1cc(Br)cc(-c2nc(C3Cc4ccccc43)no2)c1. The predicted octanol–water partition coefficient (Wildman–Crippen LogP) is 3.77. The topological polar surface area (TPSA) is 64.9 Å². The molecule has 0 aliphatic heterocycles. The second kappa shape index (κ2) is 4.70. The molecule has 0 spiro atoms. The van der Waals surface area contributed by atoms with Crippen LogP contribution in [0.2, 0.25) is 0 Å². The van der Waals surface area contributed by atoms with Gasteiger partial charge in [-0.3, -0.25) is 0 Å². The van der Waals surface area contributed by atoms with Gasteiger partial charge < -0.3 is 10.3 Å². The van der Waals surface area contributed by atoms with Crippen LogP contribution in [0.4, 0.5) is 5.69 Å². The van der Waals surface area contributed by atoms with E-state index in [1.807, 2.05) is 24.3 Å². The van der Waals surface area contributed by atoms with Crippen molar-refractivity contribution in [1.29, 1.82) is 0 Å². The summed E-state index contributed by atoms with van der Waals surface area (Å²) in [6.45, 7) is 0. The van der Waals surface area contributed by atoms with Crippen LogP contribution in [0.5, 0.6) is 0 Å². The molecule has 0 fully saturated rings. The molecule has 0 saturated heterocycles. The second-order valence-electron chi connectivity index (χ2n) is 5.19. The molecule has 2 aromatic carbocycles. The van der Waals surface area contributed by atoms with Crippen LogP contribution in [-0.2, 0) is 6.42 Å². The van der Waals surface area contributed by atoms with Gasteiger partial charge in [-0.1, -0.05) is 45.4 Å². The molecule has 21 heavy (non-hydrogen) atoms. The molecule has 1 unspecified atom stereocenters. The van der Waals surface area contributed by atoms with Crippen molar-refractivity contribution in [3.63, 3.8) is 0 Å². The molecule has 4 nitrogen and oxygen atoms in total. The third-order valence-electron chi connectivity index (χ3n) is 3.78. The molecule has 5 heteroatoms.